The minimum absolute atomic E-state index is 0.155. The Morgan fingerprint density at radius 2 is 1.77 bits per heavy atom. The maximum Gasteiger partial charge on any atom is 0.244 e. The molecule has 1 amide bonds. The van der Waals surface area contributed by atoms with Gasteiger partial charge < -0.3 is 9.47 Å². The molecule has 0 bridgehead atoms. The average Bonchev–Trinajstić information content (AvgIpc) is 2.77. The zero-order valence-electron chi connectivity index (χ0n) is 18.2. The first kappa shape index (κ1) is 22.1. The van der Waals surface area contributed by atoms with E-state index in [-0.39, 0.29) is 5.91 Å². The molecule has 3 aromatic rings. The van der Waals surface area contributed by atoms with E-state index in [1.807, 2.05) is 87.5 Å². The number of hydrazone groups is 1. The van der Waals surface area contributed by atoms with Gasteiger partial charge in [-0.25, -0.2) is 5.43 Å². The van der Waals surface area contributed by atoms with Crippen LogP contribution in [0.1, 0.15) is 34.7 Å². The van der Waals surface area contributed by atoms with E-state index in [0.717, 1.165) is 27.8 Å². The van der Waals surface area contributed by atoms with Crippen LogP contribution in [0.15, 0.2) is 71.8 Å². The summed E-state index contributed by atoms with van der Waals surface area (Å²) < 4.78 is 11.6. The van der Waals surface area contributed by atoms with E-state index in [1.165, 1.54) is 0 Å². The van der Waals surface area contributed by atoms with Gasteiger partial charge in [0.05, 0.1) is 19.2 Å². The Labute approximate surface area is 183 Å². The summed E-state index contributed by atoms with van der Waals surface area (Å²) in [5.74, 6) is 1.16. The molecule has 0 heterocycles. The van der Waals surface area contributed by atoms with E-state index in [0.29, 0.717) is 31.1 Å². The van der Waals surface area contributed by atoms with Crippen molar-refractivity contribution in [3.05, 3.63) is 94.5 Å². The Balaban J connectivity index is 1.61. The molecule has 5 heteroatoms. The molecule has 0 radical (unpaired) electrons. The van der Waals surface area contributed by atoms with E-state index in [2.05, 4.69) is 10.5 Å². The number of ether oxygens (including phenoxy) is 2. The molecule has 0 fully saturated rings. The van der Waals surface area contributed by atoms with Gasteiger partial charge in [0.25, 0.3) is 0 Å². The Bertz CT molecular complexity index is 1050. The molecule has 0 unspecified atom stereocenters. The van der Waals surface area contributed by atoms with Gasteiger partial charge in [0.1, 0.15) is 6.61 Å². The lowest BCUT2D eigenvalue weighted by atomic mass is 10.0. The quantitative estimate of drug-likeness (QED) is 0.396. The van der Waals surface area contributed by atoms with E-state index in [1.54, 1.807) is 6.21 Å². The van der Waals surface area contributed by atoms with Crippen molar-refractivity contribution in [3.63, 3.8) is 0 Å². The predicted molar refractivity (Wildman–Crippen MR) is 124 cm³/mol. The van der Waals surface area contributed by atoms with Crippen LogP contribution in [0.3, 0.4) is 0 Å². The summed E-state index contributed by atoms with van der Waals surface area (Å²) >= 11 is 0. The molecule has 0 atom stereocenters. The monoisotopic (exact) mass is 416 g/mol. The minimum Gasteiger partial charge on any atom is -0.490 e. The number of nitrogens with zero attached hydrogens (tertiary/aromatic N) is 1. The van der Waals surface area contributed by atoms with Crippen LogP contribution in [0.5, 0.6) is 11.5 Å². The Morgan fingerprint density at radius 1 is 0.968 bits per heavy atom. The Hall–Kier alpha value is -3.60. The molecule has 3 aromatic carbocycles. The smallest absolute Gasteiger partial charge is 0.244 e. The lowest BCUT2D eigenvalue weighted by Crippen LogP contribution is -2.20. The fourth-order valence-corrected chi connectivity index (χ4v) is 3.11. The Morgan fingerprint density at radius 3 is 2.55 bits per heavy atom. The van der Waals surface area contributed by atoms with Gasteiger partial charge in [-0.3, -0.25) is 4.79 Å². The highest BCUT2D eigenvalue weighted by Gasteiger charge is 2.08. The molecule has 0 aromatic heterocycles. The first-order chi connectivity index (χ1) is 15.0. The largest absolute Gasteiger partial charge is 0.490 e. The molecule has 0 aliphatic rings. The Kier molecular flexibility index (Phi) is 7.82. The van der Waals surface area contributed by atoms with Gasteiger partial charge in [0, 0.05) is 0 Å². The summed E-state index contributed by atoms with van der Waals surface area (Å²) in [6.07, 6.45) is 1.89. The molecule has 0 aliphatic carbocycles. The van der Waals surface area contributed by atoms with Gasteiger partial charge in [-0.2, -0.15) is 5.10 Å². The van der Waals surface area contributed by atoms with Crippen LogP contribution in [0, 0.1) is 13.8 Å². The summed E-state index contributed by atoms with van der Waals surface area (Å²) in [5, 5.41) is 4.09. The van der Waals surface area contributed by atoms with Crippen LogP contribution in [0.4, 0.5) is 0 Å². The fourth-order valence-electron chi connectivity index (χ4n) is 3.11. The van der Waals surface area contributed by atoms with Crippen molar-refractivity contribution >= 4 is 12.1 Å². The summed E-state index contributed by atoms with van der Waals surface area (Å²) in [5.41, 5.74) is 7.73. The number of hydrogen-bond acceptors (Lipinski definition) is 4. The van der Waals surface area contributed by atoms with E-state index in [4.69, 9.17) is 9.47 Å². The van der Waals surface area contributed by atoms with Gasteiger partial charge in [-0.1, -0.05) is 54.1 Å². The lowest BCUT2D eigenvalue weighted by Gasteiger charge is -2.12. The molecule has 5 nitrogen and oxygen atoms in total. The van der Waals surface area contributed by atoms with Crippen molar-refractivity contribution in [2.45, 2.75) is 33.8 Å². The van der Waals surface area contributed by atoms with Crippen LogP contribution in [-0.2, 0) is 17.8 Å². The number of carbonyl (C=O) groups excluding carboxylic acids is 1. The van der Waals surface area contributed by atoms with Crippen LogP contribution < -0.4 is 14.9 Å². The highest BCUT2D eigenvalue weighted by Crippen LogP contribution is 2.28. The number of aryl methyl sites for hydroxylation is 2. The molecule has 0 saturated carbocycles. The highest BCUT2D eigenvalue weighted by atomic mass is 16.5. The van der Waals surface area contributed by atoms with Crippen LogP contribution in [0.2, 0.25) is 0 Å². The van der Waals surface area contributed by atoms with Gasteiger partial charge >= 0.3 is 0 Å². The topological polar surface area (TPSA) is 59.9 Å². The number of amides is 1. The van der Waals surface area contributed by atoms with Crippen molar-refractivity contribution in [3.8, 4) is 11.5 Å². The highest BCUT2D eigenvalue weighted by molar-refractivity contribution is 5.84. The number of benzene rings is 3. The SMILES string of the molecule is CCOc1cc(/C=N/NC(=O)Cc2cc(C)ccc2C)ccc1OCc1ccccc1. The number of hydrogen-bond donors (Lipinski definition) is 1. The zero-order valence-corrected chi connectivity index (χ0v) is 18.2. The van der Waals surface area contributed by atoms with Gasteiger partial charge in [-0.05, 0) is 61.2 Å². The normalized spacial score (nSPS) is 10.8. The summed E-state index contributed by atoms with van der Waals surface area (Å²) in [6.45, 7) is 6.93. The second-order valence-corrected chi connectivity index (χ2v) is 7.31. The molecular formula is C26H28N2O3. The maximum atomic E-state index is 12.2. The first-order valence-electron chi connectivity index (χ1n) is 10.4. The van der Waals surface area contributed by atoms with Crippen LogP contribution in [0.25, 0.3) is 0 Å². The van der Waals surface area contributed by atoms with Crippen molar-refractivity contribution in [2.75, 3.05) is 6.61 Å². The zero-order chi connectivity index (χ0) is 22.1. The number of nitrogens with one attached hydrogen (secondary N) is 1. The lowest BCUT2D eigenvalue weighted by molar-refractivity contribution is -0.120. The fraction of sp³-hybridized carbons (Fsp3) is 0.231. The third-order valence-electron chi connectivity index (χ3n) is 4.76. The predicted octanol–water partition coefficient (Wildman–Crippen LogP) is 4.97. The van der Waals surface area contributed by atoms with E-state index < -0.39 is 0 Å². The average molecular weight is 417 g/mol. The molecular weight excluding hydrogens is 388 g/mol. The molecule has 1 N–H and O–H groups in total. The second kappa shape index (κ2) is 11.0. The molecule has 0 spiro atoms. The number of carbonyl (C=O) groups is 1. The van der Waals surface area contributed by atoms with Gasteiger partial charge in [0.15, 0.2) is 11.5 Å². The standard InChI is InChI=1S/C26H28N2O3/c1-4-30-25-15-22(12-13-24(25)31-18-21-8-6-5-7-9-21)17-27-28-26(29)16-23-14-19(2)10-11-20(23)3/h5-15,17H,4,16,18H2,1-3H3,(H,28,29)/b27-17+. The third-order valence-corrected chi connectivity index (χ3v) is 4.76. The number of rotatable bonds is 9. The summed E-state index contributed by atoms with van der Waals surface area (Å²) in [7, 11) is 0. The van der Waals surface area contributed by atoms with Crippen LogP contribution >= 0.6 is 0 Å². The van der Waals surface area contributed by atoms with Crippen molar-refractivity contribution in [2.24, 2.45) is 5.10 Å². The third kappa shape index (κ3) is 6.71. The molecule has 31 heavy (non-hydrogen) atoms. The summed E-state index contributed by atoms with van der Waals surface area (Å²) in [6, 6.07) is 21.7. The van der Waals surface area contributed by atoms with Crippen molar-refractivity contribution < 1.29 is 14.3 Å². The van der Waals surface area contributed by atoms with Crippen molar-refractivity contribution in [1.82, 2.24) is 5.43 Å². The maximum absolute atomic E-state index is 12.2. The molecule has 160 valence electrons. The van der Waals surface area contributed by atoms with Gasteiger partial charge in [0.2, 0.25) is 5.91 Å². The van der Waals surface area contributed by atoms with Gasteiger partial charge in [-0.15, -0.1) is 0 Å². The van der Waals surface area contributed by atoms with Crippen LogP contribution in [-0.4, -0.2) is 18.7 Å². The molecule has 0 saturated heterocycles. The van der Waals surface area contributed by atoms with E-state index in [9.17, 15) is 4.79 Å². The first-order valence-corrected chi connectivity index (χ1v) is 10.4. The minimum atomic E-state index is -0.155. The van der Waals surface area contributed by atoms with Crippen molar-refractivity contribution in [1.29, 1.82) is 0 Å². The molecule has 3 rings (SSSR count). The molecule has 0 aliphatic heterocycles. The van der Waals surface area contributed by atoms with E-state index >= 15 is 0 Å². The summed E-state index contributed by atoms with van der Waals surface area (Å²) in [4.78, 5) is 12.2. The second-order valence-electron chi connectivity index (χ2n) is 7.31.